The molecule has 0 aliphatic carbocycles. The molecule has 0 atom stereocenters. The van der Waals surface area contributed by atoms with Gasteiger partial charge < -0.3 is 0 Å². The fourth-order valence-electron chi connectivity index (χ4n) is 3.72. The summed E-state index contributed by atoms with van der Waals surface area (Å²) in [5.74, 6) is 0.414. The van der Waals surface area contributed by atoms with Crippen LogP contribution in [0.15, 0.2) is 72.8 Å². The molecule has 0 bridgehead atoms. The first kappa shape index (κ1) is 39.1. The summed E-state index contributed by atoms with van der Waals surface area (Å²) in [4.78, 5) is 23.1. The summed E-state index contributed by atoms with van der Waals surface area (Å²) in [5, 5.41) is 0. The van der Waals surface area contributed by atoms with E-state index >= 15 is 0 Å². The Hall–Kier alpha value is -3.00. The van der Waals surface area contributed by atoms with Gasteiger partial charge in [-0.3, -0.25) is 9.59 Å². The predicted octanol–water partition coefficient (Wildman–Crippen LogP) is 11.0. The molecule has 2 nitrogen and oxygen atoms in total. The van der Waals surface area contributed by atoms with Gasteiger partial charge in [0.15, 0.2) is 5.78 Å². The fraction of sp³-hybridized carbons (Fsp3) is 0.474. The Balaban J connectivity index is 0. The lowest BCUT2D eigenvalue weighted by Crippen LogP contribution is -2.03. The smallest absolute Gasteiger partial charge is 0.167 e. The first-order valence-electron chi connectivity index (χ1n) is 15.7. The third kappa shape index (κ3) is 18.3. The number of rotatable bonds is 11. The van der Waals surface area contributed by atoms with E-state index in [1.807, 2.05) is 72.7 Å². The molecule has 0 aromatic heterocycles. The summed E-state index contributed by atoms with van der Waals surface area (Å²) in [5.41, 5.74) is 6.93. The van der Waals surface area contributed by atoms with Crippen molar-refractivity contribution >= 4 is 11.6 Å². The quantitative estimate of drug-likeness (QED) is 0.224. The number of unbranched alkanes of at least 4 members (excludes halogenated alkanes) is 2. The van der Waals surface area contributed by atoms with Crippen molar-refractivity contribution < 1.29 is 9.59 Å². The van der Waals surface area contributed by atoms with Gasteiger partial charge in [-0.25, -0.2) is 0 Å². The molecule has 3 rings (SSSR count). The molecule has 3 aromatic rings. The number of carbonyl (C=O) groups excluding carboxylic acids is 2. The van der Waals surface area contributed by atoms with Crippen LogP contribution in [0.2, 0.25) is 0 Å². The molecule has 2 heteroatoms. The Morgan fingerprint density at radius 2 is 0.875 bits per heavy atom. The van der Waals surface area contributed by atoms with Crippen LogP contribution in [0, 0.1) is 6.92 Å². The Morgan fingerprint density at radius 3 is 1.23 bits per heavy atom. The second-order valence-electron chi connectivity index (χ2n) is 9.18. The number of hydrogen-bond acceptors (Lipinski definition) is 2. The maximum atomic E-state index is 12.2. The Labute approximate surface area is 247 Å². The van der Waals surface area contributed by atoms with Crippen molar-refractivity contribution in [3.05, 3.63) is 106 Å². The third-order valence-electron chi connectivity index (χ3n) is 5.88. The van der Waals surface area contributed by atoms with Crippen molar-refractivity contribution in [3.8, 4) is 0 Å². The summed E-state index contributed by atoms with van der Waals surface area (Å²) >= 11 is 0. The van der Waals surface area contributed by atoms with Crippen LogP contribution >= 0.6 is 0 Å². The van der Waals surface area contributed by atoms with Crippen LogP contribution in [0.3, 0.4) is 0 Å². The molecule has 0 aliphatic rings. The van der Waals surface area contributed by atoms with Gasteiger partial charge >= 0.3 is 0 Å². The second-order valence-corrected chi connectivity index (χ2v) is 9.18. The van der Waals surface area contributed by atoms with E-state index in [0.717, 1.165) is 29.5 Å². The zero-order chi connectivity index (χ0) is 30.8. The molecule has 40 heavy (non-hydrogen) atoms. The first-order valence-corrected chi connectivity index (χ1v) is 15.7. The van der Waals surface area contributed by atoms with E-state index in [-0.39, 0.29) is 11.6 Å². The highest BCUT2D eigenvalue weighted by molar-refractivity contribution is 5.97. The summed E-state index contributed by atoms with van der Waals surface area (Å²) in [6.45, 7) is 20.1. The van der Waals surface area contributed by atoms with Crippen LogP contribution < -0.4 is 0 Å². The Morgan fingerprint density at radius 1 is 0.525 bits per heavy atom. The molecule has 3 aromatic carbocycles. The molecule has 0 spiro atoms. The van der Waals surface area contributed by atoms with Crippen LogP contribution in [0.1, 0.15) is 126 Å². The number of hydrogen-bond donors (Lipinski definition) is 0. The molecule has 0 saturated carbocycles. The van der Waals surface area contributed by atoms with Crippen molar-refractivity contribution in [2.45, 2.75) is 121 Å². The average Bonchev–Trinajstić information content (AvgIpc) is 3.00. The van der Waals surface area contributed by atoms with E-state index in [4.69, 9.17) is 0 Å². The van der Waals surface area contributed by atoms with Gasteiger partial charge in [0.2, 0.25) is 0 Å². The maximum absolute atomic E-state index is 12.2. The molecular weight excluding hydrogens is 488 g/mol. The van der Waals surface area contributed by atoms with Crippen LogP contribution in [0.25, 0.3) is 0 Å². The highest BCUT2D eigenvalue weighted by Gasteiger charge is 2.06. The van der Waals surface area contributed by atoms with Gasteiger partial charge in [-0.1, -0.05) is 147 Å². The topological polar surface area (TPSA) is 34.1 Å². The minimum Gasteiger partial charge on any atom is -0.300 e. The van der Waals surface area contributed by atoms with E-state index in [0.29, 0.717) is 12.8 Å². The number of Topliss-reactive ketones (excluding diaryl/α,β-unsaturated/α-hetero) is 2. The van der Waals surface area contributed by atoms with Crippen molar-refractivity contribution in [1.82, 2.24) is 0 Å². The molecule has 0 radical (unpaired) electrons. The van der Waals surface area contributed by atoms with Crippen LogP contribution in [0.5, 0.6) is 0 Å². The Bertz CT molecular complexity index is 997. The number of benzene rings is 3. The van der Waals surface area contributed by atoms with E-state index in [1.165, 1.54) is 42.4 Å². The van der Waals surface area contributed by atoms with Gasteiger partial charge in [-0.2, -0.15) is 0 Å². The normalized spacial score (nSPS) is 9.25. The standard InChI is InChI=1S/C19H22O.C13H18O.3C2H6/c1-3-4-5-16-8-10-17(11-9-16)14-19(20)18-12-6-15(2)7-13-18;1-3-4-5-12-6-8-13(9-7-12)10-11(2)14;3*1-2/h6-13H,3-5,14H2,1-2H3;6-9H,3-5,10H2,1-2H3;3*1-2H3. The minimum absolute atomic E-state index is 0.186. The SMILES string of the molecule is CC.CC.CC.CCCCc1ccc(CC(=O)c2ccc(C)cc2)cc1.CCCCc1ccc(CC(C)=O)cc1. The lowest BCUT2D eigenvalue weighted by atomic mass is 10.00. The first-order chi connectivity index (χ1) is 19.4. The van der Waals surface area contributed by atoms with E-state index in [9.17, 15) is 9.59 Å². The molecule has 0 aliphatic heterocycles. The molecule has 0 unspecified atom stereocenters. The summed E-state index contributed by atoms with van der Waals surface area (Å²) in [6.07, 6.45) is 8.24. The van der Waals surface area contributed by atoms with Crippen molar-refractivity contribution in [3.63, 3.8) is 0 Å². The zero-order valence-corrected chi connectivity index (χ0v) is 27.4. The molecule has 0 N–H and O–H groups in total. The summed E-state index contributed by atoms with van der Waals surface area (Å²) in [6, 6.07) is 24.6. The van der Waals surface area contributed by atoms with E-state index < -0.39 is 0 Å². The fourth-order valence-corrected chi connectivity index (χ4v) is 3.72. The number of ketones is 2. The van der Waals surface area contributed by atoms with E-state index in [2.05, 4.69) is 62.4 Å². The third-order valence-corrected chi connectivity index (χ3v) is 5.88. The lowest BCUT2D eigenvalue weighted by molar-refractivity contribution is -0.116. The predicted molar refractivity (Wildman–Crippen MR) is 178 cm³/mol. The van der Waals surface area contributed by atoms with Gasteiger partial charge in [-0.15, -0.1) is 0 Å². The second kappa shape index (κ2) is 26.2. The van der Waals surface area contributed by atoms with Crippen molar-refractivity contribution in [1.29, 1.82) is 0 Å². The summed E-state index contributed by atoms with van der Waals surface area (Å²) in [7, 11) is 0. The lowest BCUT2D eigenvalue weighted by Gasteiger charge is -2.04. The zero-order valence-electron chi connectivity index (χ0n) is 27.4. The van der Waals surface area contributed by atoms with Crippen molar-refractivity contribution in [2.24, 2.45) is 0 Å². The number of carbonyl (C=O) groups is 2. The summed E-state index contributed by atoms with van der Waals surface area (Å²) < 4.78 is 0. The molecular formula is C38H58O2. The van der Waals surface area contributed by atoms with Crippen LogP contribution in [-0.2, 0) is 30.5 Å². The average molecular weight is 547 g/mol. The molecule has 0 saturated heterocycles. The van der Waals surface area contributed by atoms with Gasteiger partial charge in [-0.05, 0) is 61.8 Å². The minimum atomic E-state index is 0.186. The molecule has 0 fully saturated rings. The molecule has 0 amide bonds. The largest absolute Gasteiger partial charge is 0.300 e. The monoisotopic (exact) mass is 546 g/mol. The van der Waals surface area contributed by atoms with E-state index in [1.54, 1.807) is 6.92 Å². The van der Waals surface area contributed by atoms with Crippen LogP contribution in [0.4, 0.5) is 0 Å². The van der Waals surface area contributed by atoms with Gasteiger partial charge in [0, 0.05) is 18.4 Å². The highest BCUT2D eigenvalue weighted by Crippen LogP contribution is 2.12. The maximum Gasteiger partial charge on any atom is 0.167 e. The Kier molecular flexibility index (Phi) is 25.7. The molecule has 222 valence electrons. The van der Waals surface area contributed by atoms with Gasteiger partial charge in [0.25, 0.3) is 0 Å². The van der Waals surface area contributed by atoms with Gasteiger partial charge in [0.1, 0.15) is 5.78 Å². The highest BCUT2D eigenvalue weighted by atomic mass is 16.1. The van der Waals surface area contributed by atoms with Crippen molar-refractivity contribution in [2.75, 3.05) is 0 Å². The number of aryl methyl sites for hydroxylation is 3. The van der Waals surface area contributed by atoms with Crippen LogP contribution in [-0.4, -0.2) is 11.6 Å². The van der Waals surface area contributed by atoms with Gasteiger partial charge in [0.05, 0.1) is 0 Å². The molecule has 0 heterocycles.